The summed E-state index contributed by atoms with van der Waals surface area (Å²) in [5.74, 6) is 0. The van der Waals surface area contributed by atoms with Crippen molar-refractivity contribution in [3.05, 3.63) is 0 Å². The first-order valence-corrected chi connectivity index (χ1v) is 12.5. The zero-order chi connectivity index (χ0) is 19.7. The van der Waals surface area contributed by atoms with Gasteiger partial charge in [-0.3, -0.25) is 0 Å². The summed E-state index contributed by atoms with van der Waals surface area (Å²) in [6.07, 6.45) is 16.4. The molecule has 27 heavy (non-hydrogen) atoms. The third kappa shape index (κ3) is 20.6. The minimum Gasteiger partial charge on any atom is -0.748 e. The molecular weight excluding hydrogens is 387 g/mol. The first-order valence-electron chi connectivity index (χ1n) is 11.0. The molecule has 2 unspecified atom stereocenters. The summed E-state index contributed by atoms with van der Waals surface area (Å²) in [5, 5.41) is 9.19. The Balaban J connectivity index is 0. The van der Waals surface area contributed by atoms with Crippen molar-refractivity contribution in [2.24, 2.45) is 0 Å². The third-order valence-corrected chi connectivity index (χ3v) is 6.46. The van der Waals surface area contributed by atoms with Crippen LogP contribution in [0.1, 0.15) is 123 Å². The molecule has 1 N–H and O–H groups in total. The molecule has 2 atom stereocenters. The molecule has 6 heteroatoms. The molecule has 4 nitrogen and oxygen atoms in total. The second-order valence-electron chi connectivity index (χ2n) is 7.82. The number of rotatable bonds is 19. The molecule has 0 aliphatic carbocycles. The molecular formula is C21H43KO4S. The van der Waals surface area contributed by atoms with Crippen LogP contribution in [0.4, 0.5) is 0 Å². The molecule has 158 valence electrons. The van der Waals surface area contributed by atoms with Gasteiger partial charge in [0.25, 0.3) is 0 Å². The van der Waals surface area contributed by atoms with Crippen LogP contribution in [0.3, 0.4) is 0 Å². The van der Waals surface area contributed by atoms with E-state index in [0.29, 0.717) is 12.8 Å². The molecule has 0 heterocycles. The molecule has 0 rings (SSSR count). The van der Waals surface area contributed by atoms with Gasteiger partial charge in [0.05, 0.1) is 21.5 Å². The van der Waals surface area contributed by atoms with Crippen LogP contribution in [-0.2, 0) is 10.1 Å². The van der Waals surface area contributed by atoms with E-state index in [1.807, 2.05) is 0 Å². The van der Waals surface area contributed by atoms with E-state index in [9.17, 15) is 18.1 Å². The summed E-state index contributed by atoms with van der Waals surface area (Å²) in [6.45, 7) is 4.38. The molecule has 0 aromatic carbocycles. The normalized spacial score (nSPS) is 13.9. The molecule has 0 aliphatic rings. The Bertz CT molecular complexity index is 401. The van der Waals surface area contributed by atoms with E-state index < -0.39 is 21.5 Å². The zero-order valence-corrected chi connectivity index (χ0v) is 22.2. The second-order valence-corrected chi connectivity index (χ2v) is 9.48. The van der Waals surface area contributed by atoms with Crippen LogP contribution in [-0.4, -0.2) is 29.4 Å². The molecule has 0 radical (unpaired) electrons. The number of hydrogen-bond acceptors (Lipinski definition) is 4. The van der Waals surface area contributed by atoms with Crippen molar-refractivity contribution >= 4 is 10.1 Å². The fourth-order valence-electron chi connectivity index (χ4n) is 3.47. The van der Waals surface area contributed by atoms with Crippen molar-refractivity contribution in [2.75, 3.05) is 0 Å². The minimum absolute atomic E-state index is 0. The predicted octanol–water partition coefficient (Wildman–Crippen LogP) is 2.94. The summed E-state index contributed by atoms with van der Waals surface area (Å²) in [4.78, 5) is 0. The van der Waals surface area contributed by atoms with Crippen molar-refractivity contribution < 1.29 is 69.5 Å². The fraction of sp³-hybridized carbons (Fsp3) is 1.00. The molecule has 0 bridgehead atoms. The first kappa shape index (κ1) is 30.7. The Hall–Kier alpha value is 1.51. The third-order valence-electron chi connectivity index (χ3n) is 5.21. The smallest absolute Gasteiger partial charge is 0.748 e. The van der Waals surface area contributed by atoms with Gasteiger partial charge in [-0.2, -0.15) is 0 Å². The van der Waals surface area contributed by atoms with Crippen LogP contribution in [0.15, 0.2) is 0 Å². The maximum absolute atomic E-state index is 11.5. The van der Waals surface area contributed by atoms with Gasteiger partial charge in [-0.25, -0.2) is 8.42 Å². The molecule has 0 spiro atoms. The van der Waals surface area contributed by atoms with Gasteiger partial charge in [-0.05, 0) is 19.3 Å². The average Bonchev–Trinajstić information content (AvgIpc) is 2.58. The average molecular weight is 431 g/mol. The Morgan fingerprint density at radius 2 is 1.07 bits per heavy atom. The quantitative estimate of drug-likeness (QED) is 0.194. The van der Waals surface area contributed by atoms with E-state index in [0.717, 1.165) is 32.1 Å². The SMILES string of the molecule is CCCCCCCCCCC(CC(O)CCCCCCCC)S(=O)(=O)[O-].[K+]. The predicted molar refractivity (Wildman–Crippen MR) is 109 cm³/mol. The number of hydrogen-bond donors (Lipinski definition) is 1. The van der Waals surface area contributed by atoms with Crippen LogP contribution >= 0.6 is 0 Å². The minimum atomic E-state index is -4.32. The van der Waals surface area contributed by atoms with Gasteiger partial charge in [0.15, 0.2) is 0 Å². The zero-order valence-electron chi connectivity index (χ0n) is 18.3. The Kier molecular flexibility index (Phi) is 23.6. The van der Waals surface area contributed by atoms with E-state index in [1.165, 1.54) is 57.8 Å². The van der Waals surface area contributed by atoms with Crippen molar-refractivity contribution in [1.82, 2.24) is 0 Å². The van der Waals surface area contributed by atoms with Crippen LogP contribution in [0.2, 0.25) is 0 Å². The maximum Gasteiger partial charge on any atom is 1.00 e. The monoisotopic (exact) mass is 430 g/mol. The van der Waals surface area contributed by atoms with Crippen molar-refractivity contribution in [3.8, 4) is 0 Å². The second kappa shape index (κ2) is 20.8. The summed E-state index contributed by atoms with van der Waals surface area (Å²) in [7, 11) is -4.32. The molecule has 0 fully saturated rings. The van der Waals surface area contributed by atoms with Gasteiger partial charge in [0.2, 0.25) is 0 Å². The molecule has 0 aromatic rings. The fourth-order valence-corrected chi connectivity index (χ4v) is 4.38. The molecule has 0 saturated carbocycles. The largest absolute Gasteiger partial charge is 1.00 e. The summed E-state index contributed by atoms with van der Waals surface area (Å²) in [5.41, 5.74) is 0. The summed E-state index contributed by atoms with van der Waals surface area (Å²) in [6, 6.07) is 0. The molecule has 0 amide bonds. The number of unbranched alkanes of at least 4 members (excludes halogenated alkanes) is 12. The van der Waals surface area contributed by atoms with Crippen molar-refractivity contribution in [1.29, 1.82) is 0 Å². The molecule has 0 aromatic heterocycles. The summed E-state index contributed by atoms with van der Waals surface area (Å²) < 4.78 is 34.5. The summed E-state index contributed by atoms with van der Waals surface area (Å²) >= 11 is 0. The van der Waals surface area contributed by atoms with E-state index >= 15 is 0 Å². The Labute approximate surface area is 211 Å². The van der Waals surface area contributed by atoms with E-state index in [4.69, 9.17) is 0 Å². The van der Waals surface area contributed by atoms with Gasteiger partial charge in [0, 0.05) is 0 Å². The van der Waals surface area contributed by atoms with Gasteiger partial charge in [0.1, 0.15) is 0 Å². The Morgan fingerprint density at radius 1 is 0.704 bits per heavy atom. The van der Waals surface area contributed by atoms with Crippen LogP contribution in [0, 0.1) is 0 Å². The van der Waals surface area contributed by atoms with E-state index in [-0.39, 0.29) is 57.8 Å². The number of aliphatic hydroxyl groups excluding tert-OH is 1. The maximum atomic E-state index is 11.5. The van der Waals surface area contributed by atoms with Gasteiger partial charge in [-0.15, -0.1) is 0 Å². The van der Waals surface area contributed by atoms with Crippen molar-refractivity contribution in [2.45, 2.75) is 134 Å². The molecule has 0 aliphatic heterocycles. The number of aliphatic hydroxyl groups is 1. The van der Waals surface area contributed by atoms with Gasteiger partial charge in [-0.1, -0.05) is 104 Å². The standard InChI is InChI=1S/C21H44O4S.K/c1-3-5-7-9-11-12-14-16-18-21(26(23,24)25)19-20(22)17-15-13-10-8-6-4-2;/h20-22H,3-19H2,1-2H3,(H,23,24,25);/q;+1/p-1. The van der Waals surface area contributed by atoms with Crippen LogP contribution in [0.25, 0.3) is 0 Å². The first-order chi connectivity index (χ1) is 12.4. The van der Waals surface area contributed by atoms with Gasteiger partial charge >= 0.3 is 51.4 Å². The van der Waals surface area contributed by atoms with E-state index in [1.54, 1.807) is 0 Å². The molecule has 0 saturated heterocycles. The topological polar surface area (TPSA) is 77.4 Å². The van der Waals surface area contributed by atoms with Crippen LogP contribution < -0.4 is 51.4 Å². The van der Waals surface area contributed by atoms with Crippen LogP contribution in [0.5, 0.6) is 0 Å². The van der Waals surface area contributed by atoms with Crippen molar-refractivity contribution in [3.63, 3.8) is 0 Å². The van der Waals surface area contributed by atoms with E-state index in [2.05, 4.69) is 13.8 Å². The van der Waals surface area contributed by atoms with Gasteiger partial charge < -0.3 is 9.66 Å². The Morgan fingerprint density at radius 3 is 1.48 bits per heavy atom.